The van der Waals surface area contributed by atoms with Crippen LogP contribution in [-0.4, -0.2) is 39.2 Å². The molecule has 1 unspecified atom stereocenters. The van der Waals surface area contributed by atoms with Gasteiger partial charge >= 0.3 is 0 Å². The Morgan fingerprint density at radius 3 is 3.04 bits per heavy atom. The summed E-state index contributed by atoms with van der Waals surface area (Å²) in [4.78, 5) is 19.2. The molecule has 0 bridgehead atoms. The highest BCUT2D eigenvalue weighted by Gasteiger charge is 2.30. The quantitative estimate of drug-likeness (QED) is 0.729. The lowest BCUT2D eigenvalue weighted by atomic mass is 10.1. The largest absolute Gasteiger partial charge is 0.378 e. The molecular weight excluding hydrogens is 320 g/mol. The van der Waals surface area contributed by atoms with Gasteiger partial charge in [0.1, 0.15) is 11.5 Å². The Labute approximate surface area is 145 Å². The van der Waals surface area contributed by atoms with Crippen molar-refractivity contribution in [2.24, 2.45) is 0 Å². The molecule has 7 heteroatoms. The van der Waals surface area contributed by atoms with Gasteiger partial charge in [0.2, 0.25) is 5.91 Å². The smallest absolute Gasteiger partial charge is 0.229 e. The minimum atomic E-state index is -0.0787. The number of imidazole rings is 1. The Hall–Kier alpha value is -2.67. The Morgan fingerprint density at radius 1 is 1.36 bits per heavy atom. The molecule has 1 aromatic carbocycles. The predicted octanol–water partition coefficient (Wildman–Crippen LogP) is 2.32. The standard InChI is InChI=1S/C18H20N4O3/c1-12-18-19-10-13(11-24-2)22(18)8-7-21(12)17(23)9-15-14-5-3-4-6-16(14)25-20-15/h3-6,10,12H,7-9,11H2,1-2H3. The Balaban J connectivity index is 1.54. The summed E-state index contributed by atoms with van der Waals surface area (Å²) in [6.45, 7) is 3.91. The van der Waals surface area contributed by atoms with Gasteiger partial charge in [-0.3, -0.25) is 4.79 Å². The lowest BCUT2D eigenvalue weighted by molar-refractivity contribution is -0.133. The van der Waals surface area contributed by atoms with Gasteiger partial charge in [-0.05, 0) is 19.1 Å². The summed E-state index contributed by atoms with van der Waals surface area (Å²) in [6, 6.07) is 7.52. The van der Waals surface area contributed by atoms with Crippen LogP contribution < -0.4 is 0 Å². The van der Waals surface area contributed by atoms with Gasteiger partial charge in [0.25, 0.3) is 0 Å². The number of rotatable bonds is 4. The molecule has 2 aromatic heterocycles. The number of methoxy groups -OCH3 is 1. The zero-order valence-corrected chi connectivity index (χ0v) is 14.3. The van der Waals surface area contributed by atoms with E-state index in [0.717, 1.165) is 23.4 Å². The molecule has 1 atom stereocenters. The van der Waals surface area contributed by atoms with Crippen LogP contribution in [0.1, 0.15) is 30.2 Å². The van der Waals surface area contributed by atoms with E-state index in [4.69, 9.17) is 9.26 Å². The zero-order valence-electron chi connectivity index (χ0n) is 14.3. The van der Waals surface area contributed by atoms with Crippen molar-refractivity contribution < 1.29 is 14.1 Å². The lowest BCUT2D eigenvalue weighted by Gasteiger charge is -2.34. The first-order chi connectivity index (χ1) is 12.2. The van der Waals surface area contributed by atoms with Crippen molar-refractivity contribution in [2.45, 2.75) is 32.5 Å². The van der Waals surface area contributed by atoms with E-state index >= 15 is 0 Å². The number of fused-ring (bicyclic) bond motifs is 2. The van der Waals surface area contributed by atoms with Gasteiger partial charge in [-0.25, -0.2) is 4.98 Å². The van der Waals surface area contributed by atoms with Crippen LogP contribution in [0.2, 0.25) is 0 Å². The molecule has 3 heterocycles. The molecular formula is C18H20N4O3. The Morgan fingerprint density at radius 2 is 2.20 bits per heavy atom. The summed E-state index contributed by atoms with van der Waals surface area (Å²) in [6.07, 6.45) is 2.06. The van der Waals surface area contributed by atoms with Crippen molar-refractivity contribution in [1.29, 1.82) is 0 Å². The van der Waals surface area contributed by atoms with Crippen LogP contribution in [0.15, 0.2) is 35.0 Å². The van der Waals surface area contributed by atoms with E-state index < -0.39 is 0 Å². The monoisotopic (exact) mass is 340 g/mol. The molecule has 0 aliphatic carbocycles. The van der Waals surface area contributed by atoms with Crippen LogP contribution in [0.25, 0.3) is 11.0 Å². The van der Waals surface area contributed by atoms with Crippen molar-refractivity contribution in [3.8, 4) is 0 Å². The second-order valence-electron chi connectivity index (χ2n) is 6.26. The first kappa shape index (κ1) is 15.8. The van der Waals surface area contributed by atoms with Crippen molar-refractivity contribution >= 4 is 16.9 Å². The number of carbonyl (C=O) groups is 1. The predicted molar refractivity (Wildman–Crippen MR) is 90.8 cm³/mol. The maximum absolute atomic E-state index is 12.8. The van der Waals surface area contributed by atoms with Crippen molar-refractivity contribution in [1.82, 2.24) is 19.6 Å². The number of aromatic nitrogens is 3. The lowest BCUT2D eigenvalue weighted by Crippen LogP contribution is -2.42. The number of hydrogen-bond acceptors (Lipinski definition) is 5. The minimum absolute atomic E-state index is 0.0362. The summed E-state index contributed by atoms with van der Waals surface area (Å²) in [5.41, 5.74) is 2.43. The fraction of sp³-hybridized carbons (Fsp3) is 0.389. The van der Waals surface area contributed by atoms with E-state index in [1.165, 1.54) is 0 Å². The first-order valence-electron chi connectivity index (χ1n) is 8.35. The molecule has 1 amide bonds. The summed E-state index contributed by atoms with van der Waals surface area (Å²) in [5.74, 6) is 0.936. The van der Waals surface area contributed by atoms with E-state index in [9.17, 15) is 4.79 Å². The molecule has 4 rings (SSSR count). The molecule has 0 N–H and O–H groups in total. The average Bonchev–Trinajstić information content (AvgIpc) is 3.21. The van der Waals surface area contributed by atoms with Gasteiger partial charge in [-0.1, -0.05) is 17.3 Å². The molecule has 130 valence electrons. The third kappa shape index (κ3) is 2.70. The third-order valence-electron chi connectivity index (χ3n) is 4.76. The highest BCUT2D eigenvalue weighted by molar-refractivity contribution is 5.86. The van der Waals surface area contributed by atoms with Gasteiger partial charge in [0, 0.05) is 25.6 Å². The number of nitrogens with zero attached hydrogens (tertiary/aromatic N) is 4. The maximum Gasteiger partial charge on any atom is 0.229 e. The van der Waals surface area contributed by atoms with E-state index in [2.05, 4.69) is 14.7 Å². The zero-order chi connectivity index (χ0) is 17.4. The van der Waals surface area contributed by atoms with Crippen molar-refractivity contribution in [2.75, 3.05) is 13.7 Å². The Kier molecular flexibility index (Phi) is 4.01. The molecule has 0 fully saturated rings. The van der Waals surface area contributed by atoms with Crippen molar-refractivity contribution in [3.63, 3.8) is 0 Å². The van der Waals surface area contributed by atoms with Gasteiger partial charge in [-0.15, -0.1) is 0 Å². The van der Waals surface area contributed by atoms with Gasteiger partial charge < -0.3 is 18.7 Å². The van der Waals surface area contributed by atoms with Crippen LogP contribution in [-0.2, 0) is 29.1 Å². The maximum atomic E-state index is 12.8. The van der Waals surface area contributed by atoms with Crippen LogP contribution in [0.4, 0.5) is 0 Å². The number of hydrogen-bond donors (Lipinski definition) is 0. The molecule has 0 spiro atoms. The molecule has 0 saturated carbocycles. The van der Waals surface area contributed by atoms with Gasteiger partial charge in [0.15, 0.2) is 5.58 Å². The molecule has 0 radical (unpaired) electrons. The van der Waals surface area contributed by atoms with Gasteiger partial charge in [-0.2, -0.15) is 0 Å². The second-order valence-corrected chi connectivity index (χ2v) is 6.26. The number of carbonyl (C=O) groups excluding carboxylic acids is 1. The molecule has 0 saturated heterocycles. The summed E-state index contributed by atoms with van der Waals surface area (Å²) in [5, 5.41) is 4.96. The van der Waals surface area contributed by atoms with E-state index in [1.54, 1.807) is 7.11 Å². The topological polar surface area (TPSA) is 73.4 Å². The number of amides is 1. The summed E-state index contributed by atoms with van der Waals surface area (Å²) in [7, 11) is 1.67. The van der Waals surface area contributed by atoms with Crippen LogP contribution in [0.5, 0.6) is 0 Å². The molecule has 25 heavy (non-hydrogen) atoms. The summed E-state index contributed by atoms with van der Waals surface area (Å²) < 4.78 is 12.7. The highest BCUT2D eigenvalue weighted by atomic mass is 16.5. The van der Waals surface area contributed by atoms with E-state index in [-0.39, 0.29) is 18.4 Å². The second kappa shape index (κ2) is 6.33. The molecule has 1 aliphatic rings. The molecule has 3 aromatic rings. The van der Waals surface area contributed by atoms with Crippen molar-refractivity contribution in [3.05, 3.63) is 47.7 Å². The molecule has 7 nitrogen and oxygen atoms in total. The first-order valence-corrected chi connectivity index (χ1v) is 8.35. The number of benzene rings is 1. The molecule has 1 aliphatic heterocycles. The Bertz CT molecular complexity index is 914. The van der Waals surface area contributed by atoms with Crippen LogP contribution in [0.3, 0.4) is 0 Å². The van der Waals surface area contributed by atoms with Crippen LogP contribution >= 0.6 is 0 Å². The average molecular weight is 340 g/mol. The number of para-hydroxylation sites is 1. The number of ether oxygens (including phenoxy) is 1. The fourth-order valence-corrected chi connectivity index (χ4v) is 3.47. The van der Waals surface area contributed by atoms with Gasteiger partial charge in [0.05, 0.1) is 31.0 Å². The normalized spacial score (nSPS) is 17.0. The fourth-order valence-electron chi connectivity index (χ4n) is 3.47. The van der Waals surface area contributed by atoms with E-state index in [1.807, 2.05) is 42.3 Å². The minimum Gasteiger partial charge on any atom is -0.378 e. The van der Waals surface area contributed by atoms with E-state index in [0.29, 0.717) is 24.4 Å². The highest BCUT2D eigenvalue weighted by Crippen LogP contribution is 2.27. The van der Waals surface area contributed by atoms with Crippen LogP contribution in [0, 0.1) is 0 Å². The summed E-state index contributed by atoms with van der Waals surface area (Å²) >= 11 is 0. The SMILES string of the molecule is COCc1cnc2n1CCN(C(=O)Cc1noc3ccccc13)C2C. The third-order valence-corrected chi connectivity index (χ3v) is 4.76.